The molecule has 5 rings (SSSR count). The minimum Gasteiger partial charge on any atom is -0.507 e. The number of fused-ring (bicyclic) bond motifs is 1. The number of amides is 4. The van der Waals surface area contributed by atoms with Gasteiger partial charge in [-0.3, -0.25) is 14.5 Å². The largest absolute Gasteiger partial charge is 0.507 e. The number of imide groups is 1. The number of alkyl halides is 3. The molecule has 0 spiro atoms. The summed E-state index contributed by atoms with van der Waals surface area (Å²) >= 11 is 0. The van der Waals surface area contributed by atoms with Gasteiger partial charge in [0.25, 0.3) is 0 Å². The zero-order valence-corrected chi connectivity index (χ0v) is 20.6. The van der Waals surface area contributed by atoms with Crippen LogP contribution in [0.15, 0.2) is 72.6 Å². The Bertz CT molecular complexity index is 1490. The zero-order valence-electron chi connectivity index (χ0n) is 20.6. The minimum atomic E-state index is -4.65. The molecule has 1 N–H and O–H groups in total. The molecular weight excluding hydrogens is 499 g/mol. The van der Waals surface area contributed by atoms with Gasteiger partial charge in [0.2, 0.25) is 0 Å². The van der Waals surface area contributed by atoms with Crippen LogP contribution in [0.4, 0.5) is 39.8 Å². The quantitative estimate of drug-likeness (QED) is 0.427. The molecule has 196 valence electrons. The van der Waals surface area contributed by atoms with E-state index in [-0.39, 0.29) is 29.4 Å². The Hall–Kier alpha value is -4.54. The molecule has 0 unspecified atom stereocenters. The summed E-state index contributed by atoms with van der Waals surface area (Å²) in [6, 6.07) is 7.42. The Morgan fingerprint density at radius 3 is 2.37 bits per heavy atom. The predicted octanol–water partition coefficient (Wildman–Crippen LogP) is 6.44. The number of anilines is 3. The van der Waals surface area contributed by atoms with Gasteiger partial charge < -0.3 is 5.11 Å². The number of hydrogen-bond donors (Lipinski definition) is 1. The smallest absolute Gasteiger partial charge is 0.416 e. The van der Waals surface area contributed by atoms with Crippen molar-refractivity contribution in [1.29, 1.82) is 0 Å². The number of urea groups is 2. The van der Waals surface area contributed by atoms with Gasteiger partial charge in [-0.15, -0.1) is 0 Å². The molecule has 2 aromatic carbocycles. The number of phenolic OH excluding ortho intramolecular Hbond substituents is 1. The van der Waals surface area contributed by atoms with Crippen LogP contribution in [0.2, 0.25) is 0 Å². The van der Waals surface area contributed by atoms with Crippen molar-refractivity contribution in [2.75, 3.05) is 21.2 Å². The van der Waals surface area contributed by atoms with Gasteiger partial charge in [0.05, 0.1) is 28.3 Å². The summed E-state index contributed by atoms with van der Waals surface area (Å²) in [7, 11) is 1.71. The second-order valence-electron chi connectivity index (χ2n) is 8.83. The Kier molecular flexibility index (Phi) is 6.22. The van der Waals surface area contributed by atoms with E-state index in [1.165, 1.54) is 23.1 Å². The van der Waals surface area contributed by atoms with Gasteiger partial charge in [-0.1, -0.05) is 12.2 Å². The number of phenols is 1. The van der Waals surface area contributed by atoms with Crippen molar-refractivity contribution in [3.63, 3.8) is 0 Å². The molecule has 1 aliphatic heterocycles. The van der Waals surface area contributed by atoms with Gasteiger partial charge in [-0.25, -0.2) is 14.5 Å². The first-order valence-electron chi connectivity index (χ1n) is 12.0. The third-order valence-electron chi connectivity index (χ3n) is 6.53. The van der Waals surface area contributed by atoms with E-state index in [1.54, 1.807) is 49.1 Å². The van der Waals surface area contributed by atoms with Crippen molar-refractivity contribution >= 4 is 29.1 Å². The lowest BCUT2D eigenvalue weighted by atomic mass is 10.1. The number of hydrogen-bond acceptors (Lipinski definition) is 4. The summed E-state index contributed by atoms with van der Waals surface area (Å²) in [5.74, 6) is -0.195. The van der Waals surface area contributed by atoms with Crippen LogP contribution >= 0.6 is 0 Å². The molecule has 0 fully saturated rings. The highest BCUT2D eigenvalue weighted by Gasteiger charge is 2.41. The van der Waals surface area contributed by atoms with Gasteiger partial charge in [0.15, 0.2) is 0 Å². The van der Waals surface area contributed by atoms with Crippen molar-refractivity contribution in [3.8, 4) is 17.0 Å². The van der Waals surface area contributed by atoms with E-state index in [0.29, 0.717) is 29.8 Å². The van der Waals surface area contributed by atoms with E-state index < -0.39 is 23.8 Å². The van der Waals surface area contributed by atoms with E-state index in [9.17, 15) is 27.9 Å². The predicted molar refractivity (Wildman–Crippen MR) is 137 cm³/mol. The van der Waals surface area contributed by atoms with Crippen molar-refractivity contribution in [1.82, 2.24) is 9.78 Å². The lowest BCUT2D eigenvalue weighted by Gasteiger charge is -2.28. The molecular formula is C27H24F3N5O3. The number of halogens is 3. The van der Waals surface area contributed by atoms with Crippen LogP contribution in [-0.4, -0.2) is 33.5 Å². The van der Waals surface area contributed by atoms with Crippen LogP contribution < -0.4 is 14.7 Å². The Balaban J connectivity index is 1.69. The molecule has 2 heterocycles. The standard InChI is InChI=1S/C27H24F3N5O3/c1-3-33-22-12-9-17(27(28,29)30)15-23(22)34(18-7-5-4-6-8-18)26(38)35(25(33)37)19-10-11-20(24(36)16-19)21-13-14-31-32(21)2/h5,7-16,36H,3-4,6H2,1-2H3. The maximum absolute atomic E-state index is 14.1. The average Bonchev–Trinajstić information content (AvgIpc) is 3.27. The fourth-order valence-corrected chi connectivity index (χ4v) is 4.67. The number of benzene rings is 2. The average molecular weight is 524 g/mol. The molecule has 11 heteroatoms. The first kappa shape index (κ1) is 25.1. The van der Waals surface area contributed by atoms with Crippen LogP contribution in [0.3, 0.4) is 0 Å². The van der Waals surface area contributed by atoms with Crippen LogP contribution in [0, 0.1) is 0 Å². The molecule has 0 saturated carbocycles. The number of allylic oxidation sites excluding steroid dienone is 3. The first-order valence-corrected chi connectivity index (χ1v) is 12.0. The summed E-state index contributed by atoms with van der Waals surface area (Å²) in [5.41, 5.74) is 0.634. The summed E-state index contributed by atoms with van der Waals surface area (Å²) in [6.45, 7) is 1.75. The van der Waals surface area contributed by atoms with Crippen LogP contribution in [0.5, 0.6) is 5.75 Å². The van der Waals surface area contributed by atoms with Crippen molar-refractivity contribution in [2.24, 2.45) is 7.05 Å². The van der Waals surface area contributed by atoms with Gasteiger partial charge in [-0.2, -0.15) is 18.3 Å². The van der Waals surface area contributed by atoms with E-state index >= 15 is 0 Å². The van der Waals surface area contributed by atoms with Crippen LogP contribution in [0.25, 0.3) is 11.3 Å². The number of nitrogens with zero attached hydrogens (tertiary/aromatic N) is 5. The van der Waals surface area contributed by atoms with E-state index in [0.717, 1.165) is 21.9 Å². The Morgan fingerprint density at radius 1 is 0.974 bits per heavy atom. The second kappa shape index (κ2) is 9.40. The number of carbonyl (C=O) groups is 2. The SMILES string of the molecule is CCN1C(=O)N(c2ccc(-c3ccnn3C)c(O)c2)C(=O)N(C2=CCCC=C2)c2cc(C(F)(F)F)ccc21. The Labute approximate surface area is 216 Å². The normalized spacial score (nSPS) is 16.0. The third kappa shape index (κ3) is 4.19. The topological polar surface area (TPSA) is 81.9 Å². The summed E-state index contributed by atoms with van der Waals surface area (Å²) < 4.78 is 42.6. The highest BCUT2D eigenvalue weighted by Crippen LogP contribution is 2.43. The monoisotopic (exact) mass is 523 g/mol. The lowest BCUT2D eigenvalue weighted by molar-refractivity contribution is -0.137. The van der Waals surface area contributed by atoms with Crippen LogP contribution in [0.1, 0.15) is 25.3 Å². The molecule has 3 aromatic rings. The highest BCUT2D eigenvalue weighted by molar-refractivity contribution is 6.27. The van der Waals surface area contributed by atoms with Crippen molar-refractivity contribution in [2.45, 2.75) is 25.9 Å². The van der Waals surface area contributed by atoms with Gasteiger partial charge in [0, 0.05) is 37.1 Å². The van der Waals surface area contributed by atoms with E-state index in [4.69, 9.17) is 0 Å². The fraction of sp³-hybridized carbons (Fsp3) is 0.222. The highest BCUT2D eigenvalue weighted by atomic mass is 19.4. The number of rotatable bonds is 4. The molecule has 0 atom stereocenters. The Morgan fingerprint density at radius 2 is 1.76 bits per heavy atom. The second-order valence-corrected chi connectivity index (χ2v) is 8.83. The van der Waals surface area contributed by atoms with Gasteiger partial charge in [0.1, 0.15) is 5.75 Å². The minimum absolute atomic E-state index is 0.0592. The van der Waals surface area contributed by atoms with Crippen LogP contribution in [-0.2, 0) is 13.2 Å². The van der Waals surface area contributed by atoms with Gasteiger partial charge >= 0.3 is 18.2 Å². The zero-order chi connectivity index (χ0) is 27.2. The van der Waals surface area contributed by atoms with E-state index in [2.05, 4.69) is 5.10 Å². The molecule has 38 heavy (non-hydrogen) atoms. The maximum atomic E-state index is 14.1. The lowest BCUT2D eigenvalue weighted by Crippen LogP contribution is -2.49. The number of aryl methyl sites for hydroxylation is 1. The number of carbonyl (C=O) groups excluding carboxylic acids is 2. The van der Waals surface area contributed by atoms with E-state index in [1.807, 2.05) is 6.08 Å². The molecule has 0 radical (unpaired) electrons. The summed E-state index contributed by atoms with van der Waals surface area (Å²) in [5, 5.41) is 14.9. The van der Waals surface area contributed by atoms with Crippen molar-refractivity contribution < 1.29 is 27.9 Å². The fourth-order valence-electron chi connectivity index (χ4n) is 4.67. The molecule has 0 saturated heterocycles. The third-order valence-corrected chi connectivity index (χ3v) is 6.53. The number of aromatic nitrogens is 2. The summed E-state index contributed by atoms with van der Waals surface area (Å²) in [6.07, 6.45) is 3.43. The first-order chi connectivity index (χ1) is 18.1. The van der Waals surface area contributed by atoms with Crippen molar-refractivity contribution in [3.05, 3.63) is 78.1 Å². The molecule has 4 amide bonds. The van der Waals surface area contributed by atoms with Gasteiger partial charge in [-0.05, 0) is 62.2 Å². The molecule has 1 aliphatic carbocycles. The molecule has 8 nitrogen and oxygen atoms in total. The maximum Gasteiger partial charge on any atom is 0.416 e. The summed E-state index contributed by atoms with van der Waals surface area (Å²) in [4.78, 5) is 31.1. The molecule has 0 bridgehead atoms. The molecule has 1 aromatic heterocycles. The molecule has 2 aliphatic rings. The number of aromatic hydroxyl groups is 1.